The summed E-state index contributed by atoms with van der Waals surface area (Å²) >= 11 is 0. The third-order valence-electron chi connectivity index (χ3n) is 3.86. The summed E-state index contributed by atoms with van der Waals surface area (Å²) in [5, 5.41) is 9.71. The van der Waals surface area contributed by atoms with Crippen LogP contribution in [0.3, 0.4) is 0 Å². The molecule has 1 aromatic rings. The lowest BCUT2D eigenvalue weighted by Gasteiger charge is -2.21. The Kier molecular flexibility index (Phi) is 5.06. The lowest BCUT2D eigenvalue weighted by Crippen LogP contribution is -2.15. The zero-order valence-corrected chi connectivity index (χ0v) is 11.3. The standard InChI is InChI=1S/C16H24O2/c1-2-16(17)14-8-10-15(11-9-14)18-12-13-6-4-3-5-7-13/h8-11,13,16-17H,2-7,12H2,1H3. The van der Waals surface area contributed by atoms with Gasteiger partial charge in [0.2, 0.25) is 0 Å². The van der Waals surface area contributed by atoms with Crippen molar-refractivity contribution in [1.82, 2.24) is 0 Å². The summed E-state index contributed by atoms with van der Waals surface area (Å²) < 4.78 is 5.83. The van der Waals surface area contributed by atoms with Crippen LogP contribution in [0.25, 0.3) is 0 Å². The summed E-state index contributed by atoms with van der Waals surface area (Å²) in [6.07, 6.45) is 7.13. The second-order valence-corrected chi connectivity index (χ2v) is 5.31. The van der Waals surface area contributed by atoms with E-state index < -0.39 is 0 Å². The van der Waals surface area contributed by atoms with Crippen LogP contribution in [0.2, 0.25) is 0 Å². The van der Waals surface area contributed by atoms with E-state index in [1.54, 1.807) is 0 Å². The van der Waals surface area contributed by atoms with Crippen LogP contribution in [-0.4, -0.2) is 11.7 Å². The molecule has 1 aliphatic rings. The lowest BCUT2D eigenvalue weighted by atomic mass is 9.90. The molecule has 0 spiro atoms. The molecule has 1 aromatic carbocycles. The molecule has 18 heavy (non-hydrogen) atoms. The third kappa shape index (κ3) is 3.74. The molecule has 0 bridgehead atoms. The number of aliphatic hydroxyl groups is 1. The van der Waals surface area contributed by atoms with Gasteiger partial charge in [-0.1, -0.05) is 38.3 Å². The first-order valence-corrected chi connectivity index (χ1v) is 7.20. The SMILES string of the molecule is CCC(O)c1ccc(OCC2CCCCC2)cc1. The van der Waals surface area contributed by atoms with E-state index in [2.05, 4.69) is 0 Å². The molecule has 0 amide bonds. The molecule has 0 heterocycles. The maximum atomic E-state index is 9.71. The summed E-state index contributed by atoms with van der Waals surface area (Å²) in [5.74, 6) is 1.66. The Bertz CT molecular complexity index is 339. The number of aliphatic hydroxyl groups excluding tert-OH is 1. The fourth-order valence-electron chi connectivity index (χ4n) is 2.59. The Labute approximate surface area is 110 Å². The molecule has 1 aliphatic carbocycles. The van der Waals surface area contributed by atoms with Gasteiger partial charge in [-0.2, -0.15) is 0 Å². The van der Waals surface area contributed by atoms with Gasteiger partial charge < -0.3 is 9.84 Å². The van der Waals surface area contributed by atoms with Gasteiger partial charge >= 0.3 is 0 Å². The van der Waals surface area contributed by atoms with Crippen molar-refractivity contribution in [3.63, 3.8) is 0 Å². The van der Waals surface area contributed by atoms with Crippen molar-refractivity contribution in [2.75, 3.05) is 6.61 Å². The van der Waals surface area contributed by atoms with E-state index in [1.807, 2.05) is 31.2 Å². The van der Waals surface area contributed by atoms with Crippen molar-refractivity contribution in [2.45, 2.75) is 51.6 Å². The first-order chi connectivity index (χ1) is 8.79. The zero-order valence-electron chi connectivity index (χ0n) is 11.3. The Balaban J connectivity index is 1.82. The van der Waals surface area contributed by atoms with Crippen LogP contribution >= 0.6 is 0 Å². The maximum Gasteiger partial charge on any atom is 0.119 e. The van der Waals surface area contributed by atoms with Crippen LogP contribution in [-0.2, 0) is 0 Å². The van der Waals surface area contributed by atoms with E-state index in [0.29, 0.717) is 0 Å². The van der Waals surface area contributed by atoms with Gasteiger partial charge in [-0.3, -0.25) is 0 Å². The summed E-state index contributed by atoms with van der Waals surface area (Å²) in [4.78, 5) is 0. The summed E-state index contributed by atoms with van der Waals surface area (Å²) in [7, 11) is 0. The normalized spacial score (nSPS) is 18.6. The molecule has 1 N–H and O–H groups in total. The van der Waals surface area contributed by atoms with Gasteiger partial charge in [-0.05, 0) is 42.9 Å². The predicted molar refractivity (Wildman–Crippen MR) is 73.8 cm³/mol. The van der Waals surface area contributed by atoms with Crippen molar-refractivity contribution >= 4 is 0 Å². The van der Waals surface area contributed by atoms with Gasteiger partial charge in [0, 0.05) is 0 Å². The van der Waals surface area contributed by atoms with Crippen LogP contribution in [0.1, 0.15) is 57.1 Å². The Hall–Kier alpha value is -1.02. The second-order valence-electron chi connectivity index (χ2n) is 5.31. The van der Waals surface area contributed by atoms with E-state index in [1.165, 1.54) is 32.1 Å². The molecule has 0 aliphatic heterocycles. The van der Waals surface area contributed by atoms with E-state index >= 15 is 0 Å². The highest BCUT2D eigenvalue weighted by molar-refractivity contribution is 5.28. The molecule has 2 rings (SSSR count). The maximum absolute atomic E-state index is 9.71. The van der Waals surface area contributed by atoms with E-state index in [-0.39, 0.29) is 6.10 Å². The number of hydrogen-bond donors (Lipinski definition) is 1. The Morgan fingerprint density at radius 1 is 1.17 bits per heavy atom. The topological polar surface area (TPSA) is 29.5 Å². The van der Waals surface area contributed by atoms with Crippen molar-refractivity contribution < 1.29 is 9.84 Å². The average Bonchev–Trinajstić information content (AvgIpc) is 2.46. The van der Waals surface area contributed by atoms with Crippen LogP contribution < -0.4 is 4.74 Å². The second kappa shape index (κ2) is 6.79. The molecule has 100 valence electrons. The highest BCUT2D eigenvalue weighted by atomic mass is 16.5. The Morgan fingerprint density at radius 2 is 1.83 bits per heavy atom. The van der Waals surface area contributed by atoms with Gasteiger partial charge in [0.1, 0.15) is 5.75 Å². The number of ether oxygens (including phenoxy) is 1. The minimum absolute atomic E-state index is 0.350. The molecule has 0 aromatic heterocycles. The van der Waals surface area contributed by atoms with Crippen molar-refractivity contribution in [3.8, 4) is 5.75 Å². The van der Waals surface area contributed by atoms with Crippen molar-refractivity contribution in [2.24, 2.45) is 5.92 Å². The van der Waals surface area contributed by atoms with Gasteiger partial charge in [-0.15, -0.1) is 0 Å². The lowest BCUT2D eigenvalue weighted by molar-refractivity contribution is 0.173. The van der Waals surface area contributed by atoms with Gasteiger partial charge in [-0.25, -0.2) is 0 Å². The van der Waals surface area contributed by atoms with Crippen LogP contribution in [0.15, 0.2) is 24.3 Å². The van der Waals surface area contributed by atoms with E-state index in [0.717, 1.165) is 30.3 Å². The minimum atomic E-state index is -0.350. The number of hydrogen-bond acceptors (Lipinski definition) is 2. The molecule has 1 unspecified atom stereocenters. The van der Waals surface area contributed by atoms with Crippen LogP contribution in [0, 0.1) is 5.92 Å². The summed E-state index contributed by atoms with van der Waals surface area (Å²) in [5.41, 5.74) is 0.975. The summed E-state index contributed by atoms with van der Waals surface area (Å²) in [6.45, 7) is 2.83. The monoisotopic (exact) mass is 248 g/mol. The zero-order chi connectivity index (χ0) is 12.8. The molecule has 2 heteroatoms. The quantitative estimate of drug-likeness (QED) is 0.850. The predicted octanol–water partition coefficient (Wildman–Crippen LogP) is 4.09. The van der Waals surface area contributed by atoms with Gasteiger partial charge in [0.05, 0.1) is 12.7 Å². The fraction of sp³-hybridized carbons (Fsp3) is 0.625. The number of rotatable bonds is 5. The van der Waals surface area contributed by atoms with E-state index in [9.17, 15) is 5.11 Å². The van der Waals surface area contributed by atoms with Gasteiger partial charge in [0.15, 0.2) is 0 Å². The number of benzene rings is 1. The molecule has 0 saturated heterocycles. The highest BCUT2D eigenvalue weighted by Crippen LogP contribution is 2.25. The third-order valence-corrected chi connectivity index (χ3v) is 3.86. The van der Waals surface area contributed by atoms with Crippen molar-refractivity contribution in [1.29, 1.82) is 0 Å². The molecule has 1 saturated carbocycles. The molecular formula is C16H24O2. The molecule has 1 atom stereocenters. The molecular weight excluding hydrogens is 224 g/mol. The summed E-state index contributed by atoms with van der Waals surface area (Å²) in [6, 6.07) is 7.86. The molecule has 1 fully saturated rings. The Morgan fingerprint density at radius 3 is 2.44 bits per heavy atom. The van der Waals surface area contributed by atoms with E-state index in [4.69, 9.17) is 4.74 Å². The smallest absolute Gasteiger partial charge is 0.119 e. The van der Waals surface area contributed by atoms with Crippen LogP contribution in [0.4, 0.5) is 0 Å². The molecule has 2 nitrogen and oxygen atoms in total. The minimum Gasteiger partial charge on any atom is -0.493 e. The highest BCUT2D eigenvalue weighted by Gasteiger charge is 2.14. The average molecular weight is 248 g/mol. The van der Waals surface area contributed by atoms with Crippen molar-refractivity contribution in [3.05, 3.63) is 29.8 Å². The first-order valence-electron chi connectivity index (χ1n) is 7.20. The van der Waals surface area contributed by atoms with Crippen LogP contribution in [0.5, 0.6) is 5.75 Å². The first kappa shape index (κ1) is 13.4. The largest absolute Gasteiger partial charge is 0.493 e. The molecule has 0 radical (unpaired) electrons. The van der Waals surface area contributed by atoms with Gasteiger partial charge in [0.25, 0.3) is 0 Å². The fourth-order valence-corrected chi connectivity index (χ4v) is 2.59.